The van der Waals surface area contributed by atoms with Crippen LogP contribution in [0.1, 0.15) is 41.1 Å². The molecule has 0 radical (unpaired) electrons. The summed E-state index contributed by atoms with van der Waals surface area (Å²) < 4.78 is 27.5. The van der Waals surface area contributed by atoms with Crippen molar-refractivity contribution in [1.82, 2.24) is 10.0 Å². The minimum Gasteiger partial charge on any atom is -0.315 e. The van der Waals surface area contributed by atoms with Gasteiger partial charge in [0.05, 0.1) is 5.25 Å². The van der Waals surface area contributed by atoms with Crippen LogP contribution in [0.15, 0.2) is 6.07 Å². The van der Waals surface area contributed by atoms with E-state index in [2.05, 4.69) is 16.1 Å². The van der Waals surface area contributed by atoms with E-state index in [1.54, 1.807) is 11.3 Å². The summed E-state index contributed by atoms with van der Waals surface area (Å²) in [5, 5.41) is 2.85. The number of piperidine rings is 1. The molecule has 6 heteroatoms. The molecule has 0 aliphatic carbocycles. The smallest absolute Gasteiger partial charge is 0.216 e. The van der Waals surface area contributed by atoms with Crippen LogP contribution in [0.4, 0.5) is 0 Å². The fourth-order valence-electron chi connectivity index (χ4n) is 2.57. The maximum atomic E-state index is 12.3. The lowest BCUT2D eigenvalue weighted by molar-refractivity contribution is 0.485. The maximum absolute atomic E-state index is 12.3. The zero-order chi connectivity index (χ0) is 14.0. The highest BCUT2D eigenvalue weighted by molar-refractivity contribution is 7.90. The number of thiophene rings is 1. The summed E-state index contributed by atoms with van der Waals surface area (Å²) in [7, 11) is -3.25. The highest BCUT2D eigenvalue weighted by Crippen LogP contribution is 2.27. The number of rotatable bonds is 4. The molecule has 2 unspecified atom stereocenters. The minimum atomic E-state index is -3.25. The molecule has 1 aromatic rings. The van der Waals surface area contributed by atoms with Crippen molar-refractivity contribution in [1.29, 1.82) is 0 Å². The lowest BCUT2D eigenvalue weighted by atomic mass is 10.1. The van der Waals surface area contributed by atoms with Crippen LogP contribution in [-0.4, -0.2) is 26.8 Å². The molecule has 0 aromatic carbocycles. The fourth-order valence-corrected chi connectivity index (χ4v) is 5.22. The summed E-state index contributed by atoms with van der Waals surface area (Å²) in [6.07, 6.45) is 1.67. The monoisotopic (exact) mass is 302 g/mol. The molecule has 19 heavy (non-hydrogen) atoms. The van der Waals surface area contributed by atoms with Crippen LogP contribution < -0.4 is 10.0 Å². The van der Waals surface area contributed by atoms with E-state index in [4.69, 9.17) is 0 Å². The van der Waals surface area contributed by atoms with Crippen molar-refractivity contribution in [2.45, 2.75) is 44.9 Å². The van der Waals surface area contributed by atoms with E-state index in [0.29, 0.717) is 6.54 Å². The van der Waals surface area contributed by atoms with Gasteiger partial charge in [-0.25, -0.2) is 13.1 Å². The molecule has 0 saturated carbocycles. The van der Waals surface area contributed by atoms with E-state index in [1.165, 1.54) is 9.75 Å². The van der Waals surface area contributed by atoms with Crippen LogP contribution in [0.2, 0.25) is 0 Å². The summed E-state index contributed by atoms with van der Waals surface area (Å²) in [5.74, 6) is 0. The van der Waals surface area contributed by atoms with Crippen LogP contribution in [0.3, 0.4) is 0 Å². The van der Waals surface area contributed by atoms with Crippen molar-refractivity contribution in [2.24, 2.45) is 0 Å². The summed E-state index contributed by atoms with van der Waals surface area (Å²) >= 11 is 1.71. The zero-order valence-corrected chi connectivity index (χ0v) is 13.3. The van der Waals surface area contributed by atoms with Crippen molar-refractivity contribution in [3.63, 3.8) is 0 Å². The highest BCUT2D eigenvalue weighted by Gasteiger charge is 2.29. The van der Waals surface area contributed by atoms with Gasteiger partial charge >= 0.3 is 0 Å². The summed E-state index contributed by atoms with van der Waals surface area (Å²) in [5.41, 5.74) is 1.09. The summed E-state index contributed by atoms with van der Waals surface area (Å²) in [4.78, 5) is 2.41. The molecule has 108 valence electrons. The third-order valence-electron chi connectivity index (χ3n) is 3.58. The van der Waals surface area contributed by atoms with Crippen LogP contribution in [0.5, 0.6) is 0 Å². The lowest BCUT2D eigenvalue weighted by Gasteiger charge is -2.25. The van der Waals surface area contributed by atoms with E-state index in [0.717, 1.165) is 24.9 Å². The van der Waals surface area contributed by atoms with Crippen LogP contribution >= 0.6 is 11.3 Å². The topological polar surface area (TPSA) is 58.2 Å². The molecule has 2 N–H and O–H groups in total. The summed E-state index contributed by atoms with van der Waals surface area (Å²) in [6, 6.07) is 1.92. The molecule has 1 saturated heterocycles. The first-order valence-corrected chi connectivity index (χ1v) is 9.05. The van der Waals surface area contributed by atoms with Crippen molar-refractivity contribution in [2.75, 3.05) is 13.1 Å². The SMILES string of the molecule is Cc1cc(C(C)NS(=O)(=O)C2CCCNC2)c(C)s1. The van der Waals surface area contributed by atoms with Crippen molar-refractivity contribution in [3.05, 3.63) is 21.4 Å². The molecule has 1 fully saturated rings. The number of nitrogens with one attached hydrogen (secondary N) is 2. The predicted molar refractivity (Wildman–Crippen MR) is 80.2 cm³/mol. The highest BCUT2D eigenvalue weighted by atomic mass is 32.2. The Bertz CT molecular complexity index is 531. The number of aryl methyl sites for hydroxylation is 2. The Balaban J connectivity index is 2.09. The maximum Gasteiger partial charge on any atom is 0.216 e. The Hall–Kier alpha value is -0.430. The molecule has 0 amide bonds. The summed E-state index contributed by atoms with van der Waals surface area (Å²) in [6.45, 7) is 7.49. The molecule has 1 aliphatic heterocycles. The van der Waals surface area contributed by atoms with Gasteiger partial charge in [-0.3, -0.25) is 0 Å². The largest absolute Gasteiger partial charge is 0.315 e. The Labute approximate surface area is 119 Å². The first-order chi connectivity index (χ1) is 8.90. The fraction of sp³-hybridized carbons (Fsp3) is 0.692. The van der Waals surface area contributed by atoms with E-state index < -0.39 is 10.0 Å². The number of hydrogen-bond acceptors (Lipinski definition) is 4. The first kappa shape index (κ1) is 15.0. The average Bonchev–Trinajstić information content (AvgIpc) is 2.69. The first-order valence-electron chi connectivity index (χ1n) is 6.69. The number of sulfonamides is 1. The quantitative estimate of drug-likeness (QED) is 0.895. The van der Waals surface area contributed by atoms with Gasteiger partial charge in [-0.1, -0.05) is 0 Å². The molecule has 1 aliphatic rings. The van der Waals surface area contributed by atoms with E-state index in [9.17, 15) is 8.42 Å². The molecular formula is C13H22N2O2S2. The third-order valence-corrected chi connectivity index (χ3v) is 6.52. The van der Waals surface area contributed by atoms with Gasteiger partial charge in [-0.2, -0.15) is 0 Å². The number of hydrogen-bond donors (Lipinski definition) is 2. The van der Waals surface area contributed by atoms with Gasteiger partial charge in [-0.05, 0) is 51.8 Å². The van der Waals surface area contributed by atoms with Crippen molar-refractivity contribution in [3.8, 4) is 0 Å². The third kappa shape index (κ3) is 3.56. The van der Waals surface area contributed by atoms with Crippen LogP contribution in [0, 0.1) is 13.8 Å². The Morgan fingerprint density at radius 1 is 1.47 bits per heavy atom. The second-order valence-electron chi connectivity index (χ2n) is 5.22. The second-order valence-corrected chi connectivity index (χ2v) is 8.67. The van der Waals surface area contributed by atoms with E-state index in [-0.39, 0.29) is 11.3 Å². The van der Waals surface area contributed by atoms with Gasteiger partial charge in [0.25, 0.3) is 0 Å². The second kappa shape index (κ2) is 5.91. The lowest BCUT2D eigenvalue weighted by Crippen LogP contribution is -2.44. The molecule has 0 bridgehead atoms. The predicted octanol–water partition coefficient (Wildman–Crippen LogP) is 2.10. The van der Waals surface area contributed by atoms with E-state index in [1.807, 2.05) is 20.8 Å². The molecule has 2 heterocycles. The van der Waals surface area contributed by atoms with Crippen LogP contribution in [0.25, 0.3) is 0 Å². The Kier molecular flexibility index (Phi) is 4.66. The molecular weight excluding hydrogens is 280 g/mol. The van der Waals surface area contributed by atoms with Gasteiger partial charge in [0.1, 0.15) is 0 Å². The van der Waals surface area contributed by atoms with E-state index >= 15 is 0 Å². The van der Waals surface area contributed by atoms with Crippen molar-refractivity contribution >= 4 is 21.4 Å². The molecule has 1 aromatic heterocycles. The van der Waals surface area contributed by atoms with Crippen molar-refractivity contribution < 1.29 is 8.42 Å². The van der Waals surface area contributed by atoms with Crippen LogP contribution in [-0.2, 0) is 10.0 Å². The Morgan fingerprint density at radius 2 is 2.21 bits per heavy atom. The minimum absolute atomic E-state index is 0.156. The average molecular weight is 302 g/mol. The van der Waals surface area contributed by atoms with Gasteiger partial charge < -0.3 is 5.32 Å². The normalized spacial score (nSPS) is 22.4. The standard InChI is InChI=1S/C13H22N2O2S2/c1-9-7-13(11(3)18-9)10(2)15-19(16,17)12-5-4-6-14-8-12/h7,10,12,14-15H,4-6,8H2,1-3H3. The van der Waals surface area contributed by atoms with Gasteiger partial charge in [0, 0.05) is 22.3 Å². The molecule has 4 nitrogen and oxygen atoms in total. The Morgan fingerprint density at radius 3 is 2.74 bits per heavy atom. The van der Waals surface area contributed by atoms with Gasteiger partial charge in [0.15, 0.2) is 0 Å². The van der Waals surface area contributed by atoms with Gasteiger partial charge in [-0.15, -0.1) is 11.3 Å². The van der Waals surface area contributed by atoms with Gasteiger partial charge in [0.2, 0.25) is 10.0 Å². The molecule has 0 spiro atoms. The molecule has 2 atom stereocenters. The zero-order valence-electron chi connectivity index (χ0n) is 11.7. The molecule has 2 rings (SSSR count).